The molecule has 0 saturated heterocycles. The van der Waals surface area contributed by atoms with Crippen LogP contribution in [0, 0.1) is 24.1 Å². The predicted molar refractivity (Wildman–Crippen MR) is 121 cm³/mol. The van der Waals surface area contributed by atoms with Gasteiger partial charge in [-0.1, -0.05) is 6.07 Å². The number of nitriles is 1. The lowest BCUT2D eigenvalue weighted by Crippen LogP contribution is -2.37. The molecule has 3 aromatic heterocycles. The van der Waals surface area contributed by atoms with Crippen LogP contribution in [0.1, 0.15) is 11.1 Å². The molecule has 0 aliphatic heterocycles. The SMILES string of the molecule is Cc1c(F)cccc1-n1ncc2c(O[C@@H](COCCO)C(=O)Nc3ccc(C#N)cn3)ncnc21. The number of carbonyl (C=O) groups excluding carboxylic acids is 1. The number of hydrogen-bond donors (Lipinski definition) is 2. The van der Waals surface area contributed by atoms with Crippen LogP contribution >= 0.6 is 0 Å². The number of ether oxygens (including phenoxy) is 2. The molecule has 0 saturated carbocycles. The molecule has 0 aliphatic carbocycles. The monoisotopic (exact) mass is 477 g/mol. The van der Waals surface area contributed by atoms with E-state index < -0.39 is 12.0 Å². The van der Waals surface area contributed by atoms with Gasteiger partial charge in [-0.05, 0) is 31.2 Å². The van der Waals surface area contributed by atoms with Crippen molar-refractivity contribution in [1.29, 1.82) is 5.26 Å². The van der Waals surface area contributed by atoms with Gasteiger partial charge in [-0.3, -0.25) is 4.79 Å². The number of nitrogens with one attached hydrogen (secondary N) is 1. The Balaban J connectivity index is 1.62. The van der Waals surface area contributed by atoms with Crippen LogP contribution in [0.2, 0.25) is 0 Å². The van der Waals surface area contributed by atoms with Gasteiger partial charge in [0.1, 0.15) is 29.4 Å². The summed E-state index contributed by atoms with van der Waals surface area (Å²) in [7, 11) is 0. The first-order chi connectivity index (χ1) is 17.0. The zero-order valence-electron chi connectivity index (χ0n) is 18.6. The Morgan fingerprint density at radius 2 is 2.11 bits per heavy atom. The minimum Gasteiger partial charge on any atom is -0.461 e. The van der Waals surface area contributed by atoms with Crippen molar-refractivity contribution in [2.24, 2.45) is 0 Å². The number of carbonyl (C=O) groups is 1. The summed E-state index contributed by atoms with van der Waals surface area (Å²) in [5.41, 5.74) is 1.59. The summed E-state index contributed by atoms with van der Waals surface area (Å²) in [6.45, 7) is 1.21. The van der Waals surface area contributed by atoms with Crippen molar-refractivity contribution in [2.45, 2.75) is 13.0 Å². The Hall–Kier alpha value is -4.47. The molecule has 1 atom stereocenters. The largest absolute Gasteiger partial charge is 0.461 e. The molecule has 11 nitrogen and oxygen atoms in total. The fourth-order valence-electron chi connectivity index (χ4n) is 3.21. The van der Waals surface area contributed by atoms with Crippen LogP contribution in [-0.4, -0.2) is 61.7 Å². The predicted octanol–water partition coefficient (Wildman–Crippen LogP) is 1.92. The Labute approximate surface area is 198 Å². The standard InChI is InChI=1S/C23H20FN7O4/c1-14-17(24)3-2-4-18(14)31-21-16(11-29-31)23(28-13-27-21)35-19(12-34-8-7-32)22(33)30-20-6-5-15(9-25)10-26-20/h2-6,10-11,13,19,32H,7-8,12H2,1H3,(H,26,30,33)/t19-/m0/s1. The minimum absolute atomic E-state index is 0.00176. The normalized spacial score (nSPS) is 11.7. The molecule has 0 radical (unpaired) electrons. The lowest BCUT2D eigenvalue weighted by atomic mass is 10.2. The molecule has 178 valence electrons. The Morgan fingerprint density at radius 1 is 1.26 bits per heavy atom. The number of nitrogens with zero attached hydrogens (tertiary/aromatic N) is 6. The lowest BCUT2D eigenvalue weighted by Gasteiger charge is -2.18. The van der Waals surface area contributed by atoms with Crippen molar-refractivity contribution >= 4 is 22.8 Å². The quantitative estimate of drug-likeness (QED) is 0.345. The fraction of sp³-hybridized carbons (Fsp3) is 0.217. The zero-order chi connectivity index (χ0) is 24.8. The summed E-state index contributed by atoms with van der Waals surface area (Å²) < 4.78 is 26.7. The molecule has 4 rings (SSSR count). The number of benzene rings is 1. The highest BCUT2D eigenvalue weighted by Gasteiger charge is 2.24. The van der Waals surface area contributed by atoms with Gasteiger partial charge in [0.2, 0.25) is 12.0 Å². The van der Waals surface area contributed by atoms with Crippen LogP contribution < -0.4 is 10.1 Å². The van der Waals surface area contributed by atoms with E-state index in [4.69, 9.17) is 19.8 Å². The highest BCUT2D eigenvalue weighted by molar-refractivity contribution is 5.94. The smallest absolute Gasteiger partial charge is 0.269 e. The summed E-state index contributed by atoms with van der Waals surface area (Å²) in [4.78, 5) is 25.3. The van der Waals surface area contributed by atoms with Crippen molar-refractivity contribution in [1.82, 2.24) is 24.7 Å². The van der Waals surface area contributed by atoms with Crippen molar-refractivity contribution in [3.05, 3.63) is 66.0 Å². The fourth-order valence-corrected chi connectivity index (χ4v) is 3.21. The third kappa shape index (κ3) is 5.21. The molecule has 4 aromatic rings. The van der Waals surface area contributed by atoms with Crippen molar-refractivity contribution in [3.63, 3.8) is 0 Å². The number of hydrogen-bond acceptors (Lipinski definition) is 9. The average molecular weight is 477 g/mol. The molecular formula is C23H20FN7O4. The van der Waals surface area contributed by atoms with Gasteiger partial charge >= 0.3 is 0 Å². The van der Waals surface area contributed by atoms with E-state index in [9.17, 15) is 9.18 Å². The van der Waals surface area contributed by atoms with Crippen LogP contribution in [0.15, 0.2) is 49.1 Å². The summed E-state index contributed by atoms with van der Waals surface area (Å²) in [5, 5.41) is 25.2. The van der Waals surface area contributed by atoms with Gasteiger partial charge in [-0.2, -0.15) is 10.4 Å². The molecule has 0 bridgehead atoms. The van der Waals surface area contributed by atoms with Crippen LogP contribution in [0.5, 0.6) is 5.88 Å². The molecule has 3 heterocycles. The maximum absolute atomic E-state index is 14.1. The third-order valence-corrected chi connectivity index (χ3v) is 4.99. The second-order valence-electron chi connectivity index (χ2n) is 7.29. The van der Waals surface area contributed by atoms with Crippen molar-refractivity contribution in [2.75, 3.05) is 25.1 Å². The van der Waals surface area contributed by atoms with Crippen molar-refractivity contribution in [3.8, 4) is 17.6 Å². The molecule has 0 aliphatic rings. The third-order valence-electron chi connectivity index (χ3n) is 4.99. The molecule has 0 spiro atoms. The number of anilines is 1. The van der Waals surface area contributed by atoms with Crippen LogP contribution in [-0.2, 0) is 9.53 Å². The zero-order valence-corrected chi connectivity index (χ0v) is 18.6. The van der Waals surface area contributed by atoms with Crippen molar-refractivity contribution < 1.29 is 23.8 Å². The van der Waals surface area contributed by atoms with Gasteiger partial charge in [0.05, 0.1) is 37.3 Å². The Bertz CT molecular complexity index is 1390. The first kappa shape index (κ1) is 23.7. The van der Waals surface area contributed by atoms with E-state index in [-0.39, 0.29) is 37.3 Å². The molecule has 1 aromatic carbocycles. The first-order valence-electron chi connectivity index (χ1n) is 10.5. The van der Waals surface area contributed by atoms with Crippen LogP contribution in [0.25, 0.3) is 16.7 Å². The Kier molecular flexibility index (Phi) is 7.20. The summed E-state index contributed by atoms with van der Waals surface area (Å²) >= 11 is 0. The van der Waals surface area contributed by atoms with Crippen LogP contribution in [0.4, 0.5) is 10.2 Å². The first-order valence-corrected chi connectivity index (χ1v) is 10.5. The highest BCUT2D eigenvalue weighted by atomic mass is 19.1. The number of rotatable bonds is 9. The lowest BCUT2D eigenvalue weighted by molar-refractivity contribution is -0.125. The van der Waals surface area contributed by atoms with E-state index in [1.54, 1.807) is 19.1 Å². The van der Waals surface area contributed by atoms with E-state index in [1.807, 2.05) is 6.07 Å². The van der Waals surface area contributed by atoms with Gasteiger partial charge in [0.15, 0.2) is 5.65 Å². The molecule has 1 amide bonds. The van der Waals surface area contributed by atoms with E-state index in [2.05, 4.69) is 25.4 Å². The molecule has 12 heteroatoms. The number of amides is 1. The van der Waals surface area contributed by atoms with Gasteiger partial charge in [-0.15, -0.1) is 0 Å². The maximum Gasteiger partial charge on any atom is 0.269 e. The minimum atomic E-state index is -1.17. The number of fused-ring (bicyclic) bond motifs is 1. The summed E-state index contributed by atoms with van der Waals surface area (Å²) in [6, 6.07) is 9.57. The second-order valence-corrected chi connectivity index (χ2v) is 7.29. The summed E-state index contributed by atoms with van der Waals surface area (Å²) in [6.07, 6.45) is 2.86. The number of halogens is 1. The average Bonchev–Trinajstić information content (AvgIpc) is 3.30. The summed E-state index contributed by atoms with van der Waals surface area (Å²) in [5.74, 6) is -0.686. The number of aliphatic hydroxyl groups is 1. The molecular weight excluding hydrogens is 457 g/mol. The molecule has 0 unspecified atom stereocenters. The maximum atomic E-state index is 14.1. The van der Waals surface area contributed by atoms with E-state index >= 15 is 0 Å². The van der Waals surface area contributed by atoms with Gasteiger partial charge < -0.3 is 19.9 Å². The number of aromatic nitrogens is 5. The van der Waals surface area contributed by atoms with E-state index in [1.165, 1.54) is 41.6 Å². The van der Waals surface area contributed by atoms with E-state index in [0.29, 0.717) is 27.8 Å². The number of pyridine rings is 1. The topological polar surface area (TPSA) is 148 Å². The second kappa shape index (κ2) is 10.6. The molecule has 2 N–H and O–H groups in total. The Morgan fingerprint density at radius 3 is 2.86 bits per heavy atom. The highest BCUT2D eigenvalue weighted by Crippen LogP contribution is 2.26. The van der Waals surface area contributed by atoms with Gasteiger partial charge in [0, 0.05) is 11.8 Å². The van der Waals surface area contributed by atoms with Gasteiger partial charge in [0.25, 0.3) is 5.91 Å². The van der Waals surface area contributed by atoms with Crippen LogP contribution in [0.3, 0.4) is 0 Å². The van der Waals surface area contributed by atoms with Gasteiger partial charge in [-0.25, -0.2) is 24.0 Å². The molecule has 35 heavy (non-hydrogen) atoms. The number of aliphatic hydroxyl groups excluding tert-OH is 1. The van der Waals surface area contributed by atoms with E-state index in [0.717, 1.165) is 0 Å². The molecule has 0 fully saturated rings.